The van der Waals surface area contributed by atoms with Crippen molar-refractivity contribution < 1.29 is 23.3 Å². The minimum Gasteiger partial charge on any atom is -0.325 e. The molecule has 1 atom stereocenters. The predicted octanol–water partition coefficient (Wildman–Crippen LogP) is 1.58. The number of thioether (sulfide) groups is 1. The highest BCUT2D eigenvalue weighted by molar-refractivity contribution is 8.14. The lowest BCUT2D eigenvalue weighted by Gasteiger charge is -2.26. The Hall–Kier alpha value is -2.88. The number of imide groups is 1. The second-order valence-corrected chi connectivity index (χ2v) is 6.98. The quantitative estimate of drug-likeness (QED) is 0.793. The molecular weight excluding hydrogens is 373 g/mol. The van der Waals surface area contributed by atoms with Crippen molar-refractivity contribution in [1.82, 2.24) is 4.90 Å². The standard InChI is InChI=1S/C17H16FN5O3S/c1-9-19-14-13(16(25)23(3)17(26)22(14)2)15(20-9)27-8-12(24)21-11-6-4-10(18)5-7-11/h4-7,13H,8H2,1-3H3/p+1. The maximum atomic E-state index is 12.9. The second-order valence-electron chi connectivity index (χ2n) is 5.98. The van der Waals surface area contributed by atoms with Crippen LogP contribution in [0.1, 0.15) is 6.92 Å². The first-order valence-corrected chi connectivity index (χ1v) is 9.00. The van der Waals surface area contributed by atoms with E-state index in [2.05, 4.69) is 15.3 Å². The third-order valence-electron chi connectivity index (χ3n) is 4.03. The summed E-state index contributed by atoms with van der Waals surface area (Å²) in [5.41, 5.74) is 0.469. The Labute approximate surface area is 158 Å². The molecule has 3 rings (SSSR count). The average molecular weight is 390 g/mol. The molecule has 0 fully saturated rings. The molecular formula is C17H17FN5O3S+. The van der Waals surface area contributed by atoms with Gasteiger partial charge in [-0.05, 0) is 24.3 Å². The van der Waals surface area contributed by atoms with E-state index < -0.39 is 23.7 Å². The molecule has 0 aromatic heterocycles. The largest absolute Gasteiger partial charge is 0.445 e. The first-order valence-electron chi connectivity index (χ1n) is 8.02. The van der Waals surface area contributed by atoms with Gasteiger partial charge in [0, 0.05) is 12.6 Å². The van der Waals surface area contributed by atoms with Crippen LogP contribution in [0.25, 0.3) is 0 Å². The Morgan fingerprint density at radius 2 is 1.96 bits per heavy atom. The van der Waals surface area contributed by atoms with E-state index >= 15 is 0 Å². The minimum absolute atomic E-state index is 0.00191. The van der Waals surface area contributed by atoms with E-state index in [1.807, 2.05) is 0 Å². The van der Waals surface area contributed by atoms with E-state index in [1.54, 1.807) is 14.0 Å². The summed E-state index contributed by atoms with van der Waals surface area (Å²) >= 11 is 1.10. The molecule has 0 radical (unpaired) electrons. The molecule has 2 aliphatic rings. The van der Waals surface area contributed by atoms with Crippen LogP contribution in [0.2, 0.25) is 0 Å². The number of halogens is 1. The van der Waals surface area contributed by atoms with Gasteiger partial charge < -0.3 is 5.32 Å². The number of hydrogen-bond acceptors (Lipinski definition) is 6. The molecule has 2 aliphatic heterocycles. The molecule has 2 heterocycles. The van der Waals surface area contributed by atoms with Crippen LogP contribution in [0, 0.1) is 11.7 Å². The molecule has 140 valence electrons. The first kappa shape index (κ1) is 18.9. The van der Waals surface area contributed by atoms with Gasteiger partial charge in [-0.25, -0.2) is 14.2 Å². The fourth-order valence-corrected chi connectivity index (χ4v) is 3.59. The van der Waals surface area contributed by atoms with E-state index in [9.17, 15) is 18.8 Å². The third-order valence-corrected chi connectivity index (χ3v) is 5.06. The normalized spacial score (nSPS) is 19.6. The highest BCUT2D eigenvalue weighted by Crippen LogP contribution is 2.25. The van der Waals surface area contributed by atoms with E-state index in [0.717, 1.165) is 16.7 Å². The minimum atomic E-state index is -0.815. The molecule has 0 aliphatic carbocycles. The number of anilines is 1. The smallest absolute Gasteiger partial charge is 0.325 e. The van der Waals surface area contributed by atoms with Crippen molar-refractivity contribution in [2.45, 2.75) is 6.92 Å². The summed E-state index contributed by atoms with van der Waals surface area (Å²) in [4.78, 5) is 46.4. The molecule has 10 heteroatoms. The molecule has 0 spiro atoms. The first-order chi connectivity index (χ1) is 12.8. The van der Waals surface area contributed by atoms with Gasteiger partial charge in [0.15, 0.2) is 5.92 Å². The number of hydrogen-bond donors (Lipinski definition) is 1. The molecule has 1 N–H and O–H groups in total. The molecule has 8 nitrogen and oxygen atoms in total. The van der Waals surface area contributed by atoms with Gasteiger partial charge in [-0.2, -0.15) is 9.48 Å². The van der Waals surface area contributed by atoms with Crippen molar-refractivity contribution in [3.8, 4) is 0 Å². The lowest BCUT2D eigenvalue weighted by molar-refractivity contribution is -0.407. The third kappa shape index (κ3) is 3.80. The van der Waals surface area contributed by atoms with Gasteiger partial charge in [-0.1, -0.05) is 16.8 Å². The Kier molecular flexibility index (Phi) is 5.17. The monoisotopic (exact) mass is 390 g/mol. The topological polar surface area (TPSA) is 94.2 Å². The highest BCUT2D eigenvalue weighted by atomic mass is 32.2. The summed E-state index contributed by atoms with van der Waals surface area (Å²) in [5, 5.41) is 3.05. The highest BCUT2D eigenvalue weighted by Gasteiger charge is 2.48. The van der Waals surface area contributed by atoms with Crippen molar-refractivity contribution in [1.29, 1.82) is 0 Å². The number of nitrogens with one attached hydrogen (secondary N) is 1. The number of amides is 4. The molecule has 4 amide bonds. The van der Waals surface area contributed by atoms with Crippen LogP contribution in [0.3, 0.4) is 0 Å². The average Bonchev–Trinajstić information content (AvgIpc) is 2.64. The lowest BCUT2D eigenvalue weighted by Crippen LogP contribution is -2.54. The van der Waals surface area contributed by atoms with Gasteiger partial charge in [-0.3, -0.25) is 9.59 Å². The number of carbonyl (C=O) groups excluding carboxylic acids is 3. The second kappa shape index (κ2) is 7.39. The van der Waals surface area contributed by atoms with Crippen LogP contribution in [0.4, 0.5) is 14.9 Å². The summed E-state index contributed by atoms with van der Waals surface area (Å²) in [6.45, 7) is 1.66. The zero-order valence-electron chi connectivity index (χ0n) is 14.9. The molecule has 1 unspecified atom stereocenters. The Morgan fingerprint density at radius 3 is 2.63 bits per heavy atom. The zero-order valence-corrected chi connectivity index (χ0v) is 15.7. The van der Waals surface area contributed by atoms with E-state index in [0.29, 0.717) is 22.4 Å². The van der Waals surface area contributed by atoms with Gasteiger partial charge in [-0.15, -0.1) is 0 Å². The molecule has 0 saturated heterocycles. The number of fused-ring (bicyclic) bond motifs is 1. The van der Waals surface area contributed by atoms with Crippen LogP contribution >= 0.6 is 11.8 Å². The van der Waals surface area contributed by atoms with Gasteiger partial charge >= 0.3 is 11.9 Å². The molecule has 1 aromatic rings. The fourth-order valence-electron chi connectivity index (χ4n) is 2.67. The zero-order chi connectivity index (χ0) is 19.7. The summed E-state index contributed by atoms with van der Waals surface area (Å²) in [7, 11) is 2.94. The van der Waals surface area contributed by atoms with Crippen LogP contribution in [0.15, 0.2) is 34.3 Å². The van der Waals surface area contributed by atoms with Gasteiger partial charge in [0.05, 0.1) is 19.8 Å². The van der Waals surface area contributed by atoms with Crippen molar-refractivity contribution >= 4 is 52.0 Å². The Balaban J connectivity index is 1.75. The SMILES string of the molecule is CC1=NC2=[N+](C)C(=O)N(C)C(=O)C2C(SCC(=O)Nc2ccc(F)cc2)=N1. The van der Waals surface area contributed by atoms with Crippen molar-refractivity contribution in [3.05, 3.63) is 30.1 Å². The fraction of sp³-hybridized carbons (Fsp3) is 0.294. The lowest BCUT2D eigenvalue weighted by atomic mass is 10.1. The number of amidine groups is 2. The maximum Gasteiger partial charge on any atom is 0.445 e. The number of carbonyl (C=O) groups is 3. The van der Waals surface area contributed by atoms with Crippen molar-refractivity contribution in [3.63, 3.8) is 0 Å². The van der Waals surface area contributed by atoms with Gasteiger partial charge in [0.25, 0.3) is 5.84 Å². The molecule has 1 aromatic carbocycles. The van der Waals surface area contributed by atoms with E-state index in [4.69, 9.17) is 0 Å². The molecule has 0 saturated carbocycles. The summed E-state index contributed by atoms with van der Waals surface area (Å²) in [6.07, 6.45) is 0. The maximum absolute atomic E-state index is 12.9. The summed E-state index contributed by atoms with van der Waals surface area (Å²) < 4.78 is 14.2. The number of benzene rings is 1. The van der Waals surface area contributed by atoms with Gasteiger partial charge in [0.1, 0.15) is 10.9 Å². The number of nitrogens with zero attached hydrogens (tertiary/aromatic N) is 4. The Morgan fingerprint density at radius 1 is 1.30 bits per heavy atom. The van der Waals surface area contributed by atoms with Crippen LogP contribution in [-0.2, 0) is 9.59 Å². The summed E-state index contributed by atoms with van der Waals surface area (Å²) in [6, 6.07) is 4.94. The van der Waals surface area contributed by atoms with Crippen LogP contribution in [0.5, 0.6) is 0 Å². The molecule has 27 heavy (non-hydrogen) atoms. The van der Waals surface area contributed by atoms with Crippen LogP contribution in [-0.4, -0.2) is 63.9 Å². The summed E-state index contributed by atoms with van der Waals surface area (Å²) in [5.74, 6) is -1.26. The predicted molar refractivity (Wildman–Crippen MR) is 101 cm³/mol. The number of rotatable bonds is 3. The number of aliphatic imine (C=N–C) groups is 2. The van der Waals surface area contributed by atoms with Gasteiger partial charge in [0.2, 0.25) is 11.7 Å². The number of urea groups is 1. The van der Waals surface area contributed by atoms with Crippen LogP contribution < -0.4 is 5.32 Å². The molecule has 0 bridgehead atoms. The van der Waals surface area contributed by atoms with Crippen molar-refractivity contribution in [2.24, 2.45) is 15.9 Å². The Bertz CT molecular complexity index is 923. The van der Waals surface area contributed by atoms with E-state index in [-0.39, 0.29) is 11.7 Å². The van der Waals surface area contributed by atoms with Crippen molar-refractivity contribution in [2.75, 3.05) is 25.2 Å². The van der Waals surface area contributed by atoms with E-state index in [1.165, 1.54) is 35.9 Å².